The molecule has 22 heavy (non-hydrogen) atoms. The van der Waals surface area contributed by atoms with Gasteiger partial charge < -0.3 is 0 Å². The van der Waals surface area contributed by atoms with Crippen molar-refractivity contribution >= 4 is 11.8 Å². The Morgan fingerprint density at radius 1 is 0.818 bits per heavy atom. The van der Waals surface area contributed by atoms with E-state index in [2.05, 4.69) is 25.1 Å². The van der Waals surface area contributed by atoms with Gasteiger partial charge in [0, 0.05) is 12.8 Å². The summed E-state index contributed by atoms with van der Waals surface area (Å²) in [5.74, 6) is -0.132. The minimum Gasteiger partial charge on any atom is -0.278 e. The molecule has 0 radical (unpaired) electrons. The number of benzene rings is 2. The van der Waals surface area contributed by atoms with E-state index in [1.165, 1.54) is 16.0 Å². The van der Waals surface area contributed by atoms with Crippen LogP contribution in [0.15, 0.2) is 48.5 Å². The Kier molecular flexibility index (Phi) is 4.05. The number of hydrogen-bond donors (Lipinski definition) is 0. The van der Waals surface area contributed by atoms with Gasteiger partial charge in [-0.25, -0.2) is 0 Å². The number of likely N-dealkylation sites (tertiary alicyclic amines) is 1. The van der Waals surface area contributed by atoms with Gasteiger partial charge in [-0.3, -0.25) is 14.5 Å². The highest BCUT2D eigenvalue weighted by Crippen LogP contribution is 2.29. The van der Waals surface area contributed by atoms with Crippen molar-refractivity contribution in [2.75, 3.05) is 0 Å². The van der Waals surface area contributed by atoms with Gasteiger partial charge in [-0.2, -0.15) is 0 Å². The average Bonchev–Trinajstić information content (AvgIpc) is 2.87. The van der Waals surface area contributed by atoms with E-state index in [1.807, 2.05) is 30.3 Å². The molecule has 1 saturated heterocycles. The molecule has 3 heteroatoms. The molecule has 0 bridgehead atoms. The van der Waals surface area contributed by atoms with Crippen molar-refractivity contribution in [2.45, 2.75) is 32.7 Å². The zero-order valence-electron chi connectivity index (χ0n) is 12.7. The monoisotopic (exact) mass is 293 g/mol. The Morgan fingerprint density at radius 2 is 1.32 bits per heavy atom. The minimum atomic E-state index is -0.0661. The molecule has 1 fully saturated rings. The number of imide groups is 1. The quantitative estimate of drug-likeness (QED) is 0.808. The van der Waals surface area contributed by atoms with Crippen molar-refractivity contribution in [1.29, 1.82) is 0 Å². The van der Waals surface area contributed by atoms with Crippen LogP contribution in [0.1, 0.15) is 30.9 Å². The topological polar surface area (TPSA) is 37.4 Å². The lowest BCUT2D eigenvalue weighted by Crippen LogP contribution is -2.28. The van der Waals surface area contributed by atoms with Crippen LogP contribution in [-0.2, 0) is 22.6 Å². The Hall–Kier alpha value is -2.42. The molecule has 2 aromatic rings. The lowest BCUT2D eigenvalue weighted by atomic mass is 9.94. The van der Waals surface area contributed by atoms with Crippen LogP contribution in [0.2, 0.25) is 0 Å². The fourth-order valence-electron chi connectivity index (χ4n) is 2.98. The van der Waals surface area contributed by atoms with Gasteiger partial charge in [0.1, 0.15) is 0 Å². The number of carbonyl (C=O) groups is 2. The average molecular weight is 293 g/mol. The summed E-state index contributed by atoms with van der Waals surface area (Å²) in [5.41, 5.74) is 4.58. The van der Waals surface area contributed by atoms with Crippen LogP contribution < -0.4 is 0 Å². The van der Waals surface area contributed by atoms with Gasteiger partial charge in [-0.1, -0.05) is 55.5 Å². The molecule has 0 aromatic heterocycles. The summed E-state index contributed by atoms with van der Waals surface area (Å²) in [6.07, 6.45) is 1.63. The standard InChI is InChI=1S/C19H19NO2/c1-2-14-7-3-5-9-16(14)17-10-6-4-8-15(17)13-20-18(21)11-12-19(20)22/h3-10H,2,11-13H2,1H3. The molecule has 0 unspecified atom stereocenters. The number of hydrogen-bond acceptors (Lipinski definition) is 2. The van der Waals surface area contributed by atoms with Crippen molar-refractivity contribution in [3.8, 4) is 11.1 Å². The molecular weight excluding hydrogens is 274 g/mol. The molecule has 2 aromatic carbocycles. The van der Waals surface area contributed by atoms with Crippen LogP contribution in [0.25, 0.3) is 11.1 Å². The first-order valence-electron chi connectivity index (χ1n) is 7.70. The molecule has 1 heterocycles. The van der Waals surface area contributed by atoms with E-state index in [0.29, 0.717) is 19.4 Å². The van der Waals surface area contributed by atoms with Gasteiger partial charge in [0.05, 0.1) is 6.54 Å². The van der Waals surface area contributed by atoms with E-state index in [4.69, 9.17) is 0 Å². The lowest BCUT2D eigenvalue weighted by Gasteiger charge is -2.18. The van der Waals surface area contributed by atoms with Crippen LogP contribution >= 0.6 is 0 Å². The number of carbonyl (C=O) groups excluding carboxylic acids is 2. The predicted molar refractivity (Wildman–Crippen MR) is 86.0 cm³/mol. The molecule has 0 atom stereocenters. The summed E-state index contributed by atoms with van der Waals surface area (Å²) in [7, 11) is 0. The molecule has 2 amide bonds. The van der Waals surface area contributed by atoms with Crippen molar-refractivity contribution < 1.29 is 9.59 Å². The number of nitrogens with zero attached hydrogens (tertiary/aromatic N) is 1. The minimum absolute atomic E-state index is 0.0661. The van der Waals surface area contributed by atoms with Crippen molar-refractivity contribution in [2.24, 2.45) is 0 Å². The number of rotatable bonds is 4. The van der Waals surface area contributed by atoms with Gasteiger partial charge >= 0.3 is 0 Å². The predicted octanol–water partition coefficient (Wildman–Crippen LogP) is 3.57. The second kappa shape index (κ2) is 6.14. The van der Waals surface area contributed by atoms with Crippen LogP contribution in [0, 0.1) is 0 Å². The first kappa shape index (κ1) is 14.5. The first-order chi connectivity index (χ1) is 10.7. The molecule has 1 aliphatic rings. The maximum atomic E-state index is 11.9. The molecule has 3 nitrogen and oxygen atoms in total. The van der Waals surface area contributed by atoms with E-state index < -0.39 is 0 Å². The molecule has 0 N–H and O–H groups in total. The molecule has 3 rings (SSSR count). The summed E-state index contributed by atoms with van der Waals surface area (Å²) in [4.78, 5) is 25.1. The van der Waals surface area contributed by atoms with E-state index in [9.17, 15) is 9.59 Å². The summed E-state index contributed by atoms with van der Waals surface area (Å²) in [6.45, 7) is 2.50. The first-order valence-corrected chi connectivity index (χ1v) is 7.70. The van der Waals surface area contributed by atoms with Crippen LogP contribution in [-0.4, -0.2) is 16.7 Å². The Balaban J connectivity index is 2.00. The van der Waals surface area contributed by atoms with Crippen LogP contribution in [0.4, 0.5) is 0 Å². The van der Waals surface area contributed by atoms with E-state index in [-0.39, 0.29) is 11.8 Å². The van der Waals surface area contributed by atoms with Crippen LogP contribution in [0.3, 0.4) is 0 Å². The van der Waals surface area contributed by atoms with Crippen LogP contribution in [0.5, 0.6) is 0 Å². The molecular formula is C19H19NO2. The SMILES string of the molecule is CCc1ccccc1-c1ccccc1CN1C(=O)CCC1=O. The molecule has 0 spiro atoms. The molecule has 0 saturated carbocycles. The van der Waals surface area contributed by atoms with E-state index in [1.54, 1.807) is 0 Å². The van der Waals surface area contributed by atoms with E-state index in [0.717, 1.165) is 17.5 Å². The Morgan fingerprint density at radius 3 is 1.91 bits per heavy atom. The summed E-state index contributed by atoms with van der Waals surface area (Å²) < 4.78 is 0. The van der Waals surface area contributed by atoms with Crippen molar-refractivity contribution in [3.63, 3.8) is 0 Å². The van der Waals surface area contributed by atoms with Gasteiger partial charge in [0.25, 0.3) is 0 Å². The highest BCUT2D eigenvalue weighted by Gasteiger charge is 2.29. The fraction of sp³-hybridized carbons (Fsp3) is 0.263. The maximum absolute atomic E-state index is 11.9. The van der Waals surface area contributed by atoms with Gasteiger partial charge in [0.2, 0.25) is 11.8 Å². The number of amides is 2. The Bertz CT molecular complexity index is 705. The molecule has 0 aliphatic carbocycles. The second-order valence-electron chi connectivity index (χ2n) is 5.54. The van der Waals surface area contributed by atoms with Gasteiger partial charge in [0.15, 0.2) is 0 Å². The molecule has 112 valence electrons. The largest absolute Gasteiger partial charge is 0.278 e. The second-order valence-corrected chi connectivity index (χ2v) is 5.54. The van der Waals surface area contributed by atoms with E-state index >= 15 is 0 Å². The highest BCUT2D eigenvalue weighted by atomic mass is 16.2. The lowest BCUT2D eigenvalue weighted by molar-refractivity contribution is -0.139. The fourth-order valence-corrected chi connectivity index (χ4v) is 2.98. The number of aryl methyl sites for hydroxylation is 1. The summed E-state index contributed by atoms with van der Waals surface area (Å²) in [6, 6.07) is 16.3. The van der Waals surface area contributed by atoms with Gasteiger partial charge in [-0.05, 0) is 28.7 Å². The third-order valence-corrected chi connectivity index (χ3v) is 4.19. The highest BCUT2D eigenvalue weighted by molar-refractivity contribution is 6.02. The van der Waals surface area contributed by atoms with Gasteiger partial charge in [-0.15, -0.1) is 0 Å². The zero-order chi connectivity index (χ0) is 15.5. The molecule has 1 aliphatic heterocycles. The normalized spacial score (nSPS) is 14.7. The smallest absolute Gasteiger partial charge is 0.229 e. The summed E-state index contributed by atoms with van der Waals surface area (Å²) >= 11 is 0. The van der Waals surface area contributed by atoms with Crippen molar-refractivity contribution in [1.82, 2.24) is 4.90 Å². The zero-order valence-corrected chi connectivity index (χ0v) is 12.7. The maximum Gasteiger partial charge on any atom is 0.229 e. The van der Waals surface area contributed by atoms with Crippen molar-refractivity contribution in [3.05, 3.63) is 59.7 Å². The Labute approximate surface area is 130 Å². The third kappa shape index (κ3) is 2.67. The third-order valence-electron chi connectivity index (χ3n) is 4.19. The summed E-state index contributed by atoms with van der Waals surface area (Å²) in [5, 5.41) is 0.